The zero-order chi connectivity index (χ0) is 7.56. The third-order valence-corrected chi connectivity index (χ3v) is 1.01. The molecule has 0 radical (unpaired) electrons. The fraction of sp³-hybridized carbons (Fsp3) is 0.400. The molecule has 0 aliphatic heterocycles. The van der Waals surface area contributed by atoms with Crippen molar-refractivity contribution in [3.63, 3.8) is 0 Å². The molecule has 0 unspecified atom stereocenters. The average Bonchev–Trinajstić information content (AvgIpc) is 2.34. The van der Waals surface area contributed by atoms with Gasteiger partial charge in [-0.1, -0.05) is 0 Å². The highest BCUT2D eigenvalue weighted by Crippen LogP contribution is 2.15. The van der Waals surface area contributed by atoms with Gasteiger partial charge in [0.1, 0.15) is 18.2 Å². The highest BCUT2D eigenvalue weighted by molar-refractivity contribution is 5.01. The van der Waals surface area contributed by atoms with E-state index in [1.165, 1.54) is 0 Å². The molecule has 2 nitrogen and oxygen atoms in total. The minimum Gasteiger partial charge on any atom is -0.339 e. The molecule has 1 aromatic rings. The summed E-state index contributed by atoms with van der Waals surface area (Å²) in [7, 11) is 0. The Bertz CT molecular complexity index is 208. The van der Waals surface area contributed by atoms with E-state index in [0.717, 1.165) is 6.20 Å². The maximum Gasteiger partial charge on any atom is 0.279 e. The highest BCUT2D eigenvalue weighted by atomic mass is 19.3. The Morgan fingerprint density at radius 3 is 2.60 bits per heavy atom. The normalized spacial score (nSPS) is 10.8. The Labute approximate surface area is 55.1 Å². The summed E-state index contributed by atoms with van der Waals surface area (Å²) in [5.74, 6) is -0.0599. The Morgan fingerprint density at radius 1 is 1.60 bits per heavy atom. The second kappa shape index (κ2) is 2.72. The molecule has 1 aromatic heterocycles. The number of hydrogen-bond donors (Lipinski definition) is 1. The molecule has 1 heterocycles. The number of aromatic amines is 1. The van der Waals surface area contributed by atoms with E-state index in [9.17, 15) is 13.2 Å². The Kier molecular flexibility index (Phi) is 1.94. The van der Waals surface area contributed by atoms with Crippen LogP contribution < -0.4 is 0 Å². The van der Waals surface area contributed by atoms with Gasteiger partial charge in [-0.05, 0) is 0 Å². The van der Waals surface area contributed by atoms with Crippen molar-refractivity contribution >= 4 is 0 Å². The number of aromatic nitrogens is 2. The quantitative estimate of drug-likeness (QED) is 0.684. The molecule has 0 aromatic carbocycles. The van der Waals surface area contributed by atoms with Gasteiger partial charge < -0.3 is 4.98 Å². The fourth-order valence-electron chi connectivity index (χ4n) is 0.557. The maximum absolute atomic E-state index is 11.7. The van der Waals surface area contributed by atoms with Gasteiger partial charge >= 0.3 is 0 Å². The topological polar surface area (TPSA) is 28.7 Å². The van der Waals surface area contributed by atoms with Crippen LogP contribution in [0.25, 0.3) is 0 Å². The van der Waals surface area contributed by atoms with Crippen LogP contribution in [-0.2, 0) is 6.67 Å². The van der Waals surface area contributed by atoms with Gasteiger partial charge in [-0.2, -0.15) is 0 Å². The minimum atomic E-state index is -2.60. The zero-order valence-electron chi connectivity index (χ0n) is 4.94. The molecule has 10 heavy (non-hydrogen) atoms. The van der Waals surface area contributed by atoms with E-state index >= 15 is 0 Å². The predicted molar refractivity (Wildman–Crippen MR) is 28.4 cm³/mol. The van der Waals surface area contributed by atoms with E-state index in [1.54, 1.807) is 0 Å². The van der Waals surface area contributed by atoms with Crippen molar-refractivity contribution in [2.45, 2.75) is 13.1 Å². The predicted octanol–water partition coefficient (Wildman–Crippen LogP) is 1.82. The molecule has 0 atom stereocenters. The van der Waals surface area contributed by atoms with Crippen molar-refractivity contribution in [2.75, 3.05) is 0 Å². The van der Waals surface area contributed by atoms with Crippen LogP contribution in [0, 0.1) is 0 Å². The number of imidazole rings is 1. The Balaban J connectivity index is 2.78. The van der Waals surface area contributed by atoms with Gasteiger partial charge in [-0.25, -0.2) is 18.2 Å². The lowest BCUT2D eigenvalue weighted by Gasteiger charge is -1.89. The maximum atomic E-state index is 11.7. The summed E-state index contributed by atoms with van der Waals surface area (Å²) in [5, 5.41) is 0. The van der Waals surface area contributed by atoms with E-state index < -0.39 is 13.1 Å². The molecule has 0 saturated heterocycles. The van der Waals surface area contributed by atoms with Gasteiger partial charge in [0.25, 0.3) is 6.43 Å². The Morgan fingerprint density at radius 2 is 2.30 bits per heavy atom. The molecule has 1 N–H and O–H groups in total. The number of alkyl halides is 3. The molecule has 56 valence electrons. The molecule has 1 rings (SSSR count). The summed E-state index contributed by atoms with van der Waals surface area (Å²) in [5.41, 5.74) is -0.340. The molecule has 0 spiro atoms. The van der Waals surface area contributed by atoms with Crippen LogP contribution in [0.3, 0.4) is 0 Å². The largest absolute Gasteiger partial charge is 0.339 e. The van der Waals surface area contributed by atoms with E-state index in [0.29, 0.717) is 0 Å². The van der Waals surface area contributed by atoms with E-state index in [1.807, 2.05) is 0 Å². The van der Waals surface area contributed by atoms with Crippen LogP contribution in [0.5, 0.6) is 0 Å². The summed E-state index contributed by atoms with van der Waals surface area (Å²) in [6, 6.07) is 0. The van der Waals surface area contributed by atoms with Gasteiger partial charge in [0.05, 0.1) is 6.20 Å². The monoisotopic (exact) mass is 150 g/mol. The van der Waals surface area contributed by atoms with Gasteiger partial charge in [-0.15, -0.1) is 0 Å². The van der Waals surface area contributed by atoms with Crippen molar-refractivity contribution in [3.8, 4) is 0 Å². The molecule has 0 fully saturated rings. The second-order valence-electron chi connectivity index (χ2n) is 1.72. The molecule has 0 bridgehead atoms. The van der Waals surface area contributed by atoms with Crippen LogP contribution in [0.15, 0.2) is 6.20 Å². The summed E-state index contributed by atoms with van der Waals surface area (Å²) in [6.07, 6.45) is -1.67. The van der Waals surface area contributed by atoms with E-state index in [2.05, 4.69) is 9.97 Å². The SMILES string of the molecule is FCc1ncc(C(F)F)[nH]1. The molecule has 0 aliphatic rings. The van der Waals surface area contributed by atoms with Crippen LogP contribution in [0.1, 0.15) is 17.9 Å². The summed E-state index contributed by atoms with van der Waals surface area (Å²) in [6.45, 7) is -0.841. The van der Waals surface area contributed by atoms with Crippen LogP contribution in [-0.4, -0.2) is 9.97 Å². The van der Waals surface area contributed by atoms with Gasteiger partial charge in [0.2, 0.25) is 0 Å². The highest BCUT2D eigenvalue weighted by Gasteiger charge is 2.09. The number of nitrogens with one attached hydrogen (secondary N) is 1. The molecule has 0 amide bonds. The van der Waals surface area contributed by atoms with Crippen LogP contribution in [0.4, 0.5) is 13.2 Å². The summed E-state index contributed by atoms with van der Waals surface area (Å²) >= 11 is 0. The van der Waals surface area contributed by atoms with Crippen molar-refractivity contribution in [2.24, 2.45) is 0 Å². The number of H-pyrrole nitrogens is 1. The van der Waals surface area contributed by atoms with Crippen molar-refractivity contribution in [1.29, 1.82) is 0 Å². The first kappa shape index (κ1) is 7.11. The number of halogens is 3. The molecule has 0 aliphatic carbocycles. The lowest BCUT2D eigenvalue weighted by Crippen LogP contribution is -1.84. The average molecular weight is 150 g/mol. The standard InChI is InChI=1S/C5H5F3N2/c6-1-4-9-2-3(10-4)5(7)8/h2,5H,1H2,(H,9,10). The zero-order valence-corrected chi connectivity index (χ0v) is 4.94. The van der Waals surface area contributed by atoms with Gasteiger partial charge in [-0.3, -0.25) is 0 Å². The first-order valence-corrected chi connectivity index (χ1v) is 2.62. The first-order valence-electron chi connectivity index (χ1n) is 2.62. The lowest BCUT2D eigenvalue weighted by atomic mass is 10.5. The van der Waals surface area contributed by atoms with Crippen LogP contribution >= 0.6 is 0 Å². The van der Waals surface area contributed by atoms with Crippen molar-refractivity contribution in [1.82, 2.24) is 9.97 Å². The first-order chi connectivity index (χ1) is 4.74. The van der Waals surface area contributed by atoms with Crippen molar-refractivity contribution in [3.05, 3.63) is 17.7 Å². The second-order valence-corrected chi connectivity index (χ2v) is 1.72. The Hall–Kier alpha value is -1.00. The van der Waals surface area contributed by atoms with E-state index in [-0.39, 0.29) is 11.5 Å². The van der Waals surface area contributed by atoms with E-state index in [4.69, 9.17) is 0 Å². The molecule has 5 heteroatoms. The number of rotatable bonds is 2. The third-order valence-electron chi connectivity index (χ3n) is 1.01. The van der Waals surface area contributed by atoms with Crippen LogP contribution in [0.2, 0.25) is 0 Å². The number of nitrogens with zero attached hydrogens (tertiary/aromatic N) is 1. The summed E-state index contributed by atoms with van der Waals surface area (Å²) in [4.78, 5) is 5.47. The van der Waals surface area contributed by atoms with Gasteiger partial charge in [0.15, 0.2) is 0 Å². The minimum absolute atomic E-state index is 0.0599. The lowest BCUT2D eigenvalue weighted by molar-refractivity contribution is 0.146. The molecular weight excluding hydrogens is 145 g/mol. The fourth-order valence-corrected chi connectivity index (χ4v) is 0.557. The third kappa shape index (κ3) is 1.29. The van der Waals surface area contributed by atoms with Gasteiger partial charge in [0, 0.05) is 0 Å². The summed E-state index contributed by atoms with van der Waals surface area (Å²) < 4.78 is 35.1. The molecular formula is C5H5F3N2. The van der Waals surface area contributed by atoms with Crippen molar-refractivity contribution < 1.29 is 13.2 Å². The number of hydrogen-bond acceptors (Lipinski definition) is 1. The molecule has 0 saturated carbocycles. The smallest absolute Gasteiger partial charge is 0.279 e.